The zero-order valence-corrected chi connectivity index (χ0v) is 10.3. The number of carboxylic acids is 1. The third-order valence-corrected chi connectivity index (χ3v) is 2.87. The maximum absolute atomic E-state index is 11.9. The van der Waals surface area contributed by atoms with E-state index in [1.165, 1.54) is 6.08 Å². The summed E-state index contributed by atoms with van der Waals surface area (Å²) >= 11 is 0. The number of carbonyl (C=O) groups excluding carboxylic acids is 1. The molecule has 1 unspecified atom stereocenters. The molecule has 2 N–H and O–H groups in total. The summed E-state index contributed by atoms with van der Waals surface area (Å²) in [7, 11) is 0. The average molecular weight is 261 g/mol. The topological polar surface area (TPSA) is 75.6 Å². The molecule has 0 aliphatic carbocycles. The van der Waals surface area contributed by atoms with E-state index in [4.69, 9.17) is 9.84 Å². The Morgan fingerprint density at radius 3 is 2.95 bits per heavy atom. The summed E-state index contributed by atoms with van der Waals surface area (Å²) in [6.45, 7) is 1.09. The van der Waals surface area contributed by atoms with Gasteiger partial charge in [0.15, 0.2) is 0 Å². The molecule has 2 rings (SSSR count). The van der Waals surface area contributed by atoms with Gasteiger partial charge in [-0.05, 0) is 30.2 Å². The van der Waals surface area contributed by atoms with Crippen molar-refractivity contribution in [3.8, 4) is 0 Å². The molecule has 19 heavy (non-hydrogen) atoms. The van der Waals surface area contributed by atoms with Crippen LogP contribution in [0, 0.1) is 5.92 Å². The summed E-state index contributed by atoms with van der Waals surface area (Å²) in [6.07, 6.45) is 3.28. The van der Waals surface area contributed by atoms with Gasteiger partial charge in [0.2, 0.25) is 5.91 Å². The Morgan fingerprint density at radius 2 is 2.26 bits per heavy atom. The Morgan fingerprint density at radius 1 is 1.42 bits per heavy atom. The first-order chi connectivity index (χ1) is 9.15. The summed E-state index contributed by atoms with van der Waals surface area (Å²) in [6, 6.07) is 7.04. The molecule has 0 spiro atoms. The van der Waals surface area contributed by atoms with Crippen molar-refractivity contribution in [1.29, 1.82) is 0 Å². The van der Waals surface area contributed by atoms with Crippen LogP contribution in [0.1, 0.15) is 12.0 Å². The van der Waals surface area contributed by atoms with Crippen molar-refractivity contribution in [1.82, 2.24) is 0 Å². The van der Waals surface area contributed by atoms with E-state index in [0.29, 0.717) is 18.9 Å². The summed E-state index contributed by atoms with van der Waals surface area (Å²) in [5.74, 6) is -1.16. The van der Waals surface area contributed by atoms with Crippen LogP contribution in [0.5, 0.6) is 0 Å². The fourth-order valence-corrected chi connectivity index (χ4v) is 1.87. The average Bonchev–Trinajstić information content (AvgIpc) is 2.91. The molecule has 0 bridgehead atoms. The summed E-state index contributed by atoms with van der Waals surface area (Å²) in [4.78, 5) is 22.3. The third kappa shape index (κ3) is 3.93. The third-order valence-electron chi connectivity index (χ3n) is 2.87. The van der Waals surface area contributed by atoms with Crippen LogP contribution >= 0.6 is 0 Å². The van der Waals surface area contributed by atoms with Crippen molar-refractivity contribution < 1.29 is 19.4 Å². The largest absolute Gasteiger partial charge is 0.478 e. The van der Waals surface area contributed by atoms with Crippen molar-refractivity contribution in [3.63, 3.8) is 0 Å². The normalized spacial score (nSPS) is 18.6. The molecular formula is C14H15NO4. The van der Waals surface area contributed by atoms with Gasteiger partial charge in [0.25, 0.3) is 0 Å². The van der Waals surface area contributed by atoms with Gasteiger partial charge in [-0.25, -0.2) is 4.79 Å². The fraction of sp³-hybridized carbons (Fsp3) is 0.286. The van der Waals surface area contributed by atoms with E-state index in [2.05, 4.69) is 5.32 Å². The molecule has 100 valence electrons. The first-order valence-corrected chi connectivity index (χ1v) is 6.05. The van der Waals surface area contributed by atoms with Gasteiger partial charge < -0.3 is 15.2 Å². The van der Waals surface area contributed by atoms with Crippen LogP contribution in [0.25, 0.3) is 6.08 Å². The monoisotopic (exact) mass is 261 g/mol. The SMILES string of the molecule is O=C(O)/C=C/c1cccc(NC(=O)C2CCOC2)c1. The van der Waals surface area contributed by atoms with E-state index in [-0.39, 0.29) is 11.8 Å². The number of hydrogen-bond donors (Lipinski definition) is 2. The van der Waals surface area contributed by atoms with Crippen LogP contribution < -0.4 is 5.32 Å². The molecule has 0 saturated carbocycles. The molecular weight excluding hydrogens is 246 g/mol. The van der Waals surface area contributed by atoms with Crippen LogP contribution in [0.3, 0.4) is 0 Å². The van der Waals surface area contributed by atoms with E-state index >= 15 is 0 Å². The smallest absolute Gasteiger partial charge is 0.328 e. The lowest BCUT2D eigenvalue weighted by molar-refractivity contribution is -0.131. The molecule has 5 heteroatoms. The van der Waals surface area contributed by atoms with E-state index < -0.39 is 5.97 Å². The zero-order valence-electron chi connectivity index (χ0n) is 10.3. The van der Waals surface area contributed by atoms with Gasteiger partial charge in [0.1, 0.15) is 0 Å². The van der Waals surface area contributed by atoms with Gasteiger partial charge >= 0.3 is 5.97 Å². The highest BCUT2D eigenvalue weighted by atomic mass is 16.5. The van der Waals surface area contributed by atoms with Gasteiger partial charge in [-0.2, -0.15) is 0 Å². The molecule has 1 saturated heterocycles. The molecule has 1 aliphatic rings. The van der Waals surface area contributed by atoms with Gasteiger partial charge in [-0.1, -0.05) is 12.1 Å². The lowest BCUT2D eigenvalue weighted by atomic mass is 10.1. The standard InChI is InChI=1S/C14H15NO4/c16-13(17)5-4-10-2-1-3-12(8-10)15-14(18)11-6-7-19-9-11/h1-5,8,11H,6-7,9H2,(H,15,18)(H,16,17)/b5-4+. The van der Waals surface area contributed by atoms with Gasteiger partial charge in [-0.15, -0.1) is 0 Å². The Balaban J connectivity index is 2.02. The van der Waals surface area contributed by atoms with Crippen molar-refractivity contribution in [2.45, 2.75) is 6.42 Å². The molecule has 1 aromatic carbocycles. The molecule has 1 heterocycles. The first kappa shape index (κ1) is 13.3. The predicted octanol–water partition coefficient (Wildman–Crippen LogP) is 1.76. The highest BCUT2D eigenvalue weighted by Crippen LogP contribution is 2.17. The van der Waals surface area contributed by atoms with E-state index in [9.17, 15) is 9.59 Å². The number of benzene rings is 1. The Bertz CT molecular complexity index is 504. The predicted molar refractivity (Wildman–Crippen MR) is 70.7 cm³/mol. The number of rotatable bonds is 4. The Kier molecular flexibility index (Phi) is 4.30. The summed E-state index contributed by atoms with van der Waals surface area (Å²) in [5.41, 5.74) is 1.38. The number of anilines is 1. The number of carbonyl (C=O) groups is 2. The second-order valence-electron chi connectivity index (χ2n) is 4.35. The molecule has 1 atom stereocenters. The minimum absolute atomic E-state index is 0.0585. The molecule has 1 aromatic rings. The van der Waals surface area contributed by atoms with Crippen molar-refractivity contribution >= 4 is 23.6 Å². The quantitative estimate of drug-likeness (QED) is 0.810. The summed E-state index contributed by atoms with van der Waals surface area (Å²) < 4.78 is 5.17. The molecule has 1 aliphatic heterocycles. The van der Waals surface area contributed by atoms with Gasteiger partial charge in [0, 0.05) is 18.4 Å². The van der Waals surface area contributed by atoms with E-state index in [1.54, 1.807) is 24.3 Å². The van der Waals surface area contributed by atoms with Crippen molar-refractivity contribution in [2.24, 2.45) is 5.92 Å². The van der Waals surface area contributed by atoms with Crippen molar-refractivity contribution in [2.75, 3.05) is 18.5 Å². The van der Waals surface area contributed by atoms with Gasteiger partial charge in [0.05, 0.1) is 12.5 Å². The Hall–Kier alpha value is -2.14. The minimum Gasteiger partial charge on any atom is -0.478 e. The fourth-order valence-electron chi connectivity index (χ4n) is 1.87. The number of hydrogen-bond acceptors (Lipinski definition) is 3. The second-order valence-corrected chi connectivity index (χ2v) is 4.35. The minimum atomic E-state index is -1.00. The van der Waals surface area contributed by atoms with E-state index in [1.807, 2.05) is 0 Å². The van der Waals surface area contributed by atoms with Crippen LogP contribution in [0.4, 0.5) is 5.69 Å². The number of amides is 1. The summed E-state index contributed by atoms with van der Waals surface area (Å²) in [5, 5.41) is 11.4. The molecule has 0 radical (unpaired) electrons. The Labute approximate surface area is 110 Å². The molecule has 1 fully saturated rings. The number of nitrogens with one attached hydrogen (secondary N) is 1. The van der Waals surface area contributed by atoms with Crippen LogP contribution in [-0.2, 0) is 14.3 Å². The molecule has 1 amide bonds. The van der Waals surface area contributed by atoms with Crippen LogP contribution in [-0.4, -0.2) is 30.2 Å². The lowest BCUT2D eigenvalue weighted by Gasteiger charge is -2.09. The number of ether oxygens (including phenoxy) is 1. The number of carboxylic acid groups (broad SMARTS) is 1. The number of aliphatic carboxylic acids is 1. The van der Waals surface area contributed by atoms with Crippen LogP contribution in [0.2, 0.25) is 0 Å². The zero-order chi connectivity index (χ0) is 13.7. The first-order valence-electron chi connectivity index (χ1n) is 6.05. The highest BCUT2D eigenvalue weighted by molar-refractivity contribution is 5.93. The highest BCUT2D eigenvalue weighted by Gasteiger charge is 2.23. The van der Waals surface area contributed by atoms with Gasteiger partial charge in [-0.3, -0.25) is 4.79 Å². The lowest BCUT2D eigenvalue weighted by Crippen LogP contribution is -2.22. The maximum Gasteiger partial charge on any atom is 0.328 e. The van der Waals surface area contributed by atoms with E-state index in [0.717, 1.165) is 18.1 Å². The van der Waals surface area contributed by atoms with Crippen LogP contribution in [0.15, 0.2) is 30.3 Å². The van der Waals surface area contributed by atoms with Crippen molar-refractivity contribution in [3.05, 3.63) is 35.9 Å². The maximum atomic E-state index is 11.9. The second kappa shape index (κ2) is 6.15. The molecule has 0 aromatic heterocycles. The molecule has 5 nitrogen and oxygen atoms in total.